The van der Waals surface area contributed by atoms with Crippen LogP contribution in [-0.2, 0) is 10.2 Å². The summed E-state index contributed by atoms with van der Waals surface area (Å²) in [5, 5.41) is 9.33. The number of aromatic nitrogens is 2. The fraction of sp³-hybridized carbons (Fsp3) is 0.353. The van der Waals surface area contributed by atoms with E-state index in [0.29, 0.717) is 29.3 Å². The molecule has 1 N–H and O–H groups in total. The fourth-order valence-corrected chi connectivity index (χ4v) is 2.91. The van der Waals surface area contributed by atoms with Crippen LogP contribution < -0.4 is 4.74 Å². The number of carbonyl (C=O) groups is 1. The summed E-state index contributed by atoms with van der Waals surface area (Å²) in [6, 6.07) is 6.05. The first kappa shape index (κ1) is 15.4. The van der Waals surface area contributed by atoms with Crippen molar-refractivity contribution in [3.63, 3.8) is 0 Å². The minimum absolute atomic E-state index is 0.153. The molecule has 1 aromatic carbocycles. The molecule has 3 rings (SSSR count). The van der Waals surface area contributed by atoms with Crippen molar-refractivity contribution in [3.05, 3.63) is 53.4 Å². The van der Waals surface area contributed by atoms with Crippen LogP contribution in [0.15, 0.2) is 30.5 Å². The van der Waals surface area contributed by atoms with Crippen LogP contribution in [0.4, 0.5) is 4.39 Å². The van der Waals surface area contributed by atoms with E-state index < -0.39 is 17.3 Å². The van der Waals surface area contributed by atoms with Gasteiger partial charge in [-0.1, -0.05) is 12.1 Å². The first-order valence-corrected chi connectivity index (χ1v) is 7.34. The SMILES string of the molecule is Cc1ncc(OC[C@@]2(c3cccc(F)c3)CC2C(=O)O)c(C)n1. The zero-order chi connectivity index (χ0) is 16.6. The van der Waals surface area contributed by atoms with E-state index in [4.69, 9.17) is 4.74 Å². The Balaban J connectivity index is 1.85. The van der Waals surface area contributed by atoms with Crippen molar-refractivity contribution in [1.82, 2.24) is 9.97 Å². The summed E-state index contributed by atoms with van der Waals surface area (Å²) in [6.45, 7) is 3.74. The molecular weight excluding hydrogens is 299 g/mol. The maximum atomic E-state index is 13.5. The van der Waals surface area contributed by atoms with Crippen molar-refractivity contribution < 1.29 is 19.0 Å². The van der Waals surface area contributed by atoms with E-state index in [9.17, 15) is 14.3 Å². The second-order valence-electron chi connectivity index (χ2n) is 5.92. The lowest BCUT2D eigenvalue weighted by molar-refractivity contribution is -0.139. The second-order valence-corrected chi connectivity index (χ2v) is 5.92. The molecule has 1 fully saturated rings. The Bertz CT molecular complexity index is 765. The van der Waals surface area contributed by atoms with Gasteiger partial charge >= 0.3 is 5.97 Å². The number of benzene rings is 1. The van der Waals surface area contributed by atoms with Crippen LogP contribution in [0.2, 0.25) is 0 Å². The van der Waals surface area contributed by atoms with Crippen LogP contribution in [0, 0.1) is 25.6 Å². The van der Waals surface area contributed by atoms with Gasteiger partial charge in [0.1, 0.15) is 11.6 Å². The lowest BCUT2D eigenvalue weighted by atomic mass is 9.94. The minimum atomic E-state index is -0.894. The maximum Gasteiger partial charge on any atom is 0.307 e. The molecule has 1 saturated carbocycles. The zero-order valence-electron chi connectivity index (χ0n) is 12.9. The van der Waals surface area contributed by atoms with Gasteiger partial charge in [0, 0.05) is 5.41 Å². The van der Waals surface area contributed by atoms with E-state index in [-0.39, 0.29) is 12.4 Å². The molecule has 2 atom stereocenters. The summed E-state index contributed by atoms with van der Waals surface area (Å²) in [6.07, 6.45) is 2.01. The van der Waals surface area contributed by atoms with Crippen molar-refractivity contribution in [1.29, 1.82) is 0 Å². The van der Waals surface area contributed by atoms with E-state index in [1.165, 1.54) is 12.1 Å². The van der Waals surface area contributed by atoms with Crippen LogP contribution in [0.3, 0.4) is 0 Å². The number of aliphatic carboxylic acids is 1. The van der Waals surface area contributed by atoms with Crippen molar-refractivity contribution in [2.75, 3.05) is 6.61 Å². The predicted molar refractivity (Wildman–Crippen MR) is 80.8 cm³/mol. The van der Waals surface area contributed by atoms with Crippen molar-refractivity contribution >= 4 is 5.97 Å². The summed E-state index contributed by atoms with van der Waals surface area (Å²) in [5.41, 5.74) is 0.639. The molecular formula is C17H17FN2O3. The van der Waals surface area contributed by atoms with E-state index in [1.54, 1.807) is 32.2 Å². The molecule has 6 heteroatoms. The van der Waals surface area contributed by atoms with Gasteiger partial charge in [0.05, 0.1) is 24.4 Å². The topological polar surface area (TPSA) is 72.3 Å². The Morgan fingerprint density at radius 1 is 1.48 bits per heavy atom. The summed E-state index contributed by atoms with van der Waals surface area (Å²) >= 11 is 0. The van der Waals surface area contributed by atoms with Crippen molar-refractivity contribution in [3.8, 4) is 5.75 Å². The Kier molecular flexibility index (Phi) is 3.75. The number of carboxylic acids is 1. The summed E-state index contributed by atoms with van der Waals surface area (Å²) in [5.74, 6) is -0.689. The number of hydrogen-bond donors (Lipinski definition) is 1. The van der Waals surface area contributed by atoms with Gasteiger partial charge < -0.3 is 9.84 Å². The van der Waals surface area contributed by atoms with Crippen LogP contribution in [0.25, 0.3) is 0 Å². The molecule has 0 bridgehead atoms. The number of ether oxygens (including phenoxy) is 1. The number of nitrogens with zero attached hydrogens (tertiary/aromatic N) is 2. The Hall–Kier alpha value is -2.50. The normalized spacial score (nSPS) is 22.7. The molecule has 23 heavy (non-hydrogen) atoms. The Labute approximate surface area is 133 Å². The number of hydrogen-bond acceptors (Lipinski definition) is 4. The van der Waals surface area contributed by atoms with Gasteiger partial charge in [-0.25, -0.2) is 14.4 Å². The molecule has 0 aliphatic heterocycles. The quantitative estimate of drug-likeness (QED) is 0.918. The highest BCUT2D eigenvalue weighted by molar-refractivity contribution is 5.77. The van der Waals surface area contributed by atoms with Crippen LogP contribution >= 0.6 is 0 Å². The van der Waals surface area contributed by atoms with Gasteiger partial charge in [-0.15, -0.1) is 0 Å². The van der Waals surface area contributed by atoms with Crippen molar-refractivity contribution in [2.24, 2.45) is 5.92 Å². The Morgan fingerprint density at radius 2 is 2.26 bits per heavy atom. The number of halogens is 1. The predicted octanol–water partition coefficient (Wildman–Crippen LogP) is 2.65. The van der Waals surface area contributed by atoms with Gasteiger partial charge in [-0.05, 0) is 38.0 Å². The van der Waals surface area contributed by atoms with E-state index in [1.807, 2.05) is 0 Å². The average Bonchev–Trinajstić information content (AvgIpc) is 3.23. The molecule has 0 saturated heterocycles. The molecule has 120 valence electrons. The number of carboxylic acid groups (broad SMARTS) is 1. The van der Waals surface area contributed by atoms with Gasteiger partial charge in [-0.2, -0.15) is 0 Å². The molecule has 5 nitrogen and oxygen atoms in total. The fourth-order valence-electron chi connectivity index (χ4n) is 2.91. The largest absolute Gasteiger partial charge is 0.489 e. The van der Waals surface area contributed by atoms with Gasteiger partial charge in [-0.3, -0.25) is 4.79 Å². The minimum Gasteiger partial charge on any atom is -0.489 e. The summed E-state index contributed by atoms with van der Waals surface area (Å²) < 4.78 is 19.3. The van der Waals surface area contributed by atoms with Crippen LogP contribution in [0.1, 0.15) is 23.5 Å². The molecule has 1 unspecified atom stereocenters. The molecule has 1 heterocycles. The third-order valence-corrected chi connectivity index (χ3v) is 4.31. The highest BCUT2D eigenvalue weighted by atomic mass is 19.1. The lowest BCUT2D eigenvalue weighted by Crippen LogP contribution is -2.24. The molecule has 0 radical (unpaired) electrons. The molecule has 1 aromatic heterocycles. The lowest BCUT2D eigenvalue weighted by Gasteiger charge is -2.18. The van der Waals surface area contributed by atoms with Crippen LogP contribution in [0.5, 0.6) is 5.75 Å². The van der Waals surface area contributed by atoms with E-state index in [0.717, 1.165) is 0 Å². The highest BCUT2D eigenvalue weighted by Gasteiger charge is 2.60. The van der Waals surface area contributed by atoms with Gasteiger partial charge in [0.2, 0.25) is 0 Å². The molecule has 0 spiro atoms. The second kappa shape index (κ2) is 5.61. The zero-order valence-corrected chi connectivity index (χ0v) is 12.9. The monoisotopic (exact) mass is 316 g/mol. The maximum absolute atomic E-state index is 13.5. The smallest absolute Gasteiger partial charge is 0.307 e. The molecule has 2 aromatic rings. The standard InChI is InChI=1S/C17H17FN2O3/c1-10-15(8-19-11(2)20-10)23-9-17(7-14(17)16(21)22)12-4-3-5-13(18)6-12/h3-6,8,14H,7,9H2,1-2H3,(H,21,22)/t14?,17-/m1/s1. The first-order valence-electron chi connectivity index (χ1n) is 7.34. The Morgan fingerprint density at radius 3 is 2.87 bits per heavy atom. The average molecular weight is 316 g/mol. The van der Waals surface area contributed by atoms with Crippen LogP contribution in [-0.4, -0.2) is 27.7 Å². The van der Waals surface area contributed by atoms with E-state index >= 15 is 0 Å². The summed E-state index contributed by atoms with van der Waals surface area (Å²) in [4.78, 5) is 19.7. The molecule has 0 amide bonds. The van der Waals surface area contributed by atoms with E-state index in [2.05, 4.69) is 9.97 Å². The first-order chi connectivity index (χ1) is 10.9. The third-order valence-electron chi connectivity index (χ3n) is 4.31. The highest BCUT2D eigenvalue weighted by Crippen LogP contribution is 2.54. The summed E-state index contributed by atoms with van der Waals surface area (Å²) in [7, 11) is 0. The number of aryl methyl sites for hydroxylation is 2. The van der Waals surface area contributed by atoms with Gasteiger partial charge in [0.15, 0.2) is 5.75 Å². The van der Waals surface area contributed by atoms with Crippen molar-refractivity contribution in [2.45, 2.75) is 25.7 Å². The molecule has 1 aliphatic rings. The third kappa shape index (κ3) is 2.88. The van der Waals surface area contributed by atoms with Gasteiger partial charge in [0.25, 0.3) is 0 Å². The number of rotatable bonds is 5. The molecule has 1 aliphatic carbocycles.